The quantitative estimate of drug-likeness (QED) is 0.531. The summed E-state index contributed by atoms with van der Waals surface area (Å²) in [5.41, 5.74) is 2.38. The van der Waals surface area contributed by atoms with Crippen molar-refractivity contribution < 1.29 is 4.79 Å². The number of thiophene rings is 1. The lowest BCUT2D eigenvalue weighted by Crippen LogP contribution is -2.27. The van der Waals surface area contributed by atoms with Gasteiger partial charge in [-0.15, -0.1) is 21.5 Å². The molecule has 1 atom stereocenters. The third-order valence-electron chi connectivity index (χ3n) is 5.66. The van der Waals surface area contributed by atoms with E-state index in [9.17, 15) is 4.79 Å². The van der Waals surface area contributed by atoms with Crippen molar-refractivity contribution in [2.75, 3.05) is 17.7 Å². The number of aromatic nitrogens is 3. The molecule has 29 heavy (non-hydrogen) atoms. The number of hydrogen-bond donors (Lipinski definition) is 0. The molecule has 0 spiro atoms. The van der Waals surface area contributed by atoms with E-state index in [4.69, 9.17) is 0 Å². The summed E-state index contributed by atoms with van der Waals surface area (Å²) in [7, 11) is 3.79. The van der Waals surface area contributed by atoms with Crippen molar-refractivity contribution in [3.05, 3.63) is 46.8 Å². The maximum Gasteiger partial charge on any atom is 0.237 e. The SMILES string of the molecule is CCC1CCc2sc(-c3nnc(SCC(=O)N(C)c4ccccc4)n3C)cc2C1. The summed E-state index contributed by atoms with van der Waals surface area (Å²) < 4.78 is 2.01. The van der Waals surface area contributed by atoms with Crippen molar-refractivity contribution >= 4 is 34.7 Å². The van der Waals surface area contributed by atoms with Crippen molar-refractivity contribution in [3.63, 3.8) is 0 Å². The molecule has 2 aromatic heterocycles. The lowest BCUT2D eigenvalue weighted by molar-refractivity contribution is -0.115. The average Bonchev–Trinajstić information content (AvgIpc) is 3.34. The molecule has 0 fully saturated rings. The average molecular weight is 427 g/mol. The summed E-state index contributed by atoms with van der Waals surface area (Å²) in [5.74, 6) is 2.08. The summed E-state index contributed by atoms with van der Waals surface area (Å²) in [6, 6.07) is 12.0. The second-order valence-corrected chi connectivity index (χ2v) is 9.60. The minimum Gasteiger partial charge on any atom is -0.315 e. The highest BCUT2D eigenvalue weighted by Gasteiger charge is 2.23. The second-order valence-electron chi connectivity index (χ2n) is 7.52. The Morgan fingerprint density at radius 3 is 2.86 bits per heavy atom. The van der Waals surface area contributed by atoms with Crippen LogP contribution in [-0.2, 0) is 24.7 Å². The molecule has 4 rings (SSSR count). The number of hydrogen-bond acceptors (Lipinski definition) is 5. The summed E-state index contributed by atoms with van der Waals surface area (Å²) in [6.07, 6.45) is 4.90. The van der Waals surface area contributed by atoms with Gasteiger partial charge in [-0.25, -0.2) is 0 Å². The summed E-state index contributed by atoms with van der Waals surface area (Å²) in [6.45, 7) is 2.28. The van der Waals surface area contributed by atoms with Crippen LogP contribution >= 0.6 is 23.1 Å². The van der Waals surface area contributed by atoms with Crippen LogP contribution in [0.3, 0.4) is 0 Å². The number of rotatable bonds is 6. The number of para-hydroxylation sites is 1. The highest BCUT2D eigenvalue weighted by Crippen LogP contribution is 2.38. The fraction of sp³-hybridized carbons (Fsp3) is 0.409. The molecule has 1 aromatic carbocycles. The first-order chi connectivity index (χ1) is 14.1. The monoisotopic (exact) mass is 426 g/mol. The van der Waals surface area contributed by atoms with Crippen molar-refractivity contribution in [3.8, 4) is 10.7 Å². The van der Waals surface area contributed by atoms with E-state index >= 15 is 0 Å². The highest BCUT2D eigenvalue weighted by molar-refractivity contribution is 7.99. The van der Waals surface area contributed by atoms with Gasteiger partial charge in [-0.1, -0.05) is 43.3 Å². The molecule has 1 unspecified atom stereocenters. The Hall–Kier alpha value is -2.12. The summed E-state index contributed by atoms with van der Waals surface area (Å²) in [4.78, 5) is 16.9. The zero-order valence-electron chi connectivity index (χ0n) is 17.1. The number of carbonyl (C=O) groups is 1. The molecule has 1 amide bonds. The molecule has 5 nitrogen and oxygen atoms in total. The Labute approximate surface area is 180 Å². The predicted molar refractivity (Wildman–Crippen MR) is 121 cm³/mol. The van der Waals surface area contributed by atoms with Crippen LogP contribution in [0.5, 0.6) is 0 Å². The van der Waals surface area contributed by atoms with Gasteiger partial charge >= 0.3 is 0 Å². The Bertz CT molecular complexity index is 996. The Balaban J connectivity index is 1.44. The first-order valence-corrected chi connectivity index (χ1v) is 11.8. The predicted octanol–water partition coefficient (Wildman–Crippen LogP) is 4.81. The number of benzene rings is 1. The van der Waals surface area contributed by atoms with E-state index in [0.29, 0.717) is 5.75 Å². The van der Waals surface area contributed by atoms with Crippen molar-refractivity contribution in [2.45, 2.75) is 37.8 Å². The first kappa shape index (κ1) is 20.2. The van der Waals surface area contributed by atoms with Crippen molar-refractivity contribution in [1.82, 2.24) is 14.8 Å². The van der Waals surface area contributed by atoms with Gasteiger partial charge in [0.2, 0.25) is 5.91 Å². The van der Waals surface area contributed by atoms with E-state index in [-0.39, 0.29) is 5.91 Å². The zero-order valence-corrected chi connectivity index (χ0v) is 18.7. The molecular weight excluding hydrogens is 400 g/mol. The molecule has 3 aromatic rings. The molecule has 7 heteroatoms. The molecule has 0 saturated carbocycles. The Morgan fingerprint density at radius 1 is 1.31 bits per heavy atom. The minimum atomic E-state index is 0.0444. The van der Waals surface area contributed by atoms with Crippen LogP contribution in [0.1, 0.15) is 30.2 Å². The molecule has 152 valence electrons. The van der Waals surface area contributed by atoms with Crippen molar-refractivity contribution in [2.24, 2.45) is 13.0 Å². The maximum atomic E-state index is 12.5. The molecule has 0 radical (unpaired) electrons. The Kier molecular flexibility index (Phi) is 6.06. The number of aryl methyl sites for hydroxylation is 1. The van der Waals surface area contributed by atoms with Crippen LogP contribution < -0.4 is 4.90 Å². The van der Waals surface area contributed by atoms with Crippen LogP contribution in [0.4, 0.5) is 5.69 Å². The van der Waals surface area contributed by atoms with Gasteiger partial charge < -0.3 is 9.47 Å². The smallest absolute Gasteiger partial charge is 0.237 e. The van der Waals surface area contributed by atoms with Gasteiger partial charge in [-0.3, -0.25) is 4.79 Å². The normalized spacial score (nSPS) is 15.9. The van der Waals surface area contributed by atoms with Crippen LogP contribution in [0.2, 0.25) is 0 Å². The molecule has 0 aliphatic heterocycles. The largest absolute Gasteiger partial charge is 0.315 e. The third kappa shape index (κ3) is 4.26. The van der Waals surface area contributed by atoms with E-state index in [2.05, 4.69) is 23.2 Å². The maximum absolute atomic E-state index is 12.5. The van der Waals surface area contributed by atoms with Crippen LogP contribution in [0.25, 0.3) is 10.7 Å². The standard InChI is InChI=1S/C22H26N4OS2/c1-4-15-10-11-18-16(12-15)13-19(29-18)21-23-24-22(26(21)3)28-14-20(27)25(2)17-8-6-5-7-9-17/h5-9,13,15H,4,10-12,14H2,1-3H3. The summed E-state index contributed by atoms with van der Waals surface area (Å²) >= 11 is 3.28. The fourth-order valence-corrected chi connectivity index (χ4v) is 5.79. The van der Waals surface area contributed by atoms with Gasteiger partial charge in [0.25, 0.3) is 0 Å². The van der Waals surface area contributed by atoms with Gasteiger partial charge in [0.15, 0.2) is 11.0 Å². The van der Waals surface area contributed by atoms with Crippen LogP contribution in [0, 0.1) is 5.92 Å². The molecular formula is C22H26N4OS2. The molecule has 0 saturated heterocycles. The van der Waals surface area contributed by atoms with E-state index in [1.165, 1.54) is 52.8 Å². The molecule has 0 bridgehead atoms. The van der Waals surface area contributed by atoms with Crippen LogP contribution in [-0.4, -0.2) is 33.5 Å². The van der Waals surface area contributed by atoms with Crippen molar-refractivity contribution in [1.29, 1.82) is 0 Å². The zero-order chi connectivity index (χ0) is 20.4. The molecule has 2 heterocycles. The van der Waals surface area contributed by atoms with Gasteiger partial charge in [0, 0.05) is 24.7 Å². The number of thioether (sulfide) groups is 1. The molecule has 1 aliphatic carbocycles. The number of fused-ring (bicyclic) bond motifs is 1. The second kappa shape index (κ2) is 8.71. The third-order valence-corrected chi connectivity index (χ3v) is 7.90. The fourth-order valence-electron chi connectivity index (χ4n) is 3.73. The molecule has 1 aliphatic rings. The topological polar surface area (TPSA) is 51.0 Å². The number of carbonyl (C=O) groups excluding carboxylic acids is 1. The first-order valence-electron chi connectivity index (χ1n) is 10.0. The van der Waals surface area contributed by atoms with Gasteiger partial charge in [0.05, 0.1) is 10.6 Å². The van der Waals surface area contributed by atoms with Gasteiger partial charge in [-0.05, 0) is 48.9 Å². The van der Waals surface area contributed by atoms with E-state index in [1.807, 2.05) is 53.3 Å². The number of anilines is 1. The number of nitrogens with zero attached hydrogens (tertiary/aromatic N) is 4. The highest BCUT2D eigenvalue weighted by atomic mass is 32.2. The lowest BCUT2D eigenvalue weighted by atomic mass is 9.87. The summed E-state index contributed by atoms with van der Waals surface area (Å²) in [5, 5.41) is 9.54. The van der Waals surface area contributed by atoms with E-state index in [1.54, 1.807) is 11.9 Å². The van der Waals surface area contributed by atoms with Gasteiger partial charge in [0.1, 0.15) is 0 Å². The van der Waals surface area contributed by atoms with E-state index < -0.39 is 0 Å². The Morgan fingerprint density at radius 2 is 2.10 bits per heavy atom. The van der Waals surface area contributed by atoms with E-state index in [0.717, 1.165) is 22.6 Å². The molecule has 0 N–H and O–H groups in total. The lowest BCUT2D eigenvalue weighted by Gasteiger charge is -2.19. The van der Waals surface area contributed by atoms with Gasteiger partial charge in [-0.2, -0.15) is 0 Å². The minimum absolute atomic E-state index is 0.0444. The number of amides is 1. The van der Waals surface area contributed by atoms with Crippen LogP contribution in [0.15, 0.2) is 41.6 Å².